The van der Waals surface area contributed by atoms with Gasteiger partial charge in [-0.15, -0.1) is 0 Å². The Morgan fingerprint density at radius 2 is 2.17 bits per heavy atom. The summed E-state index contributed by atoms with van der Waals surface area (Å²) in [6.45, 7) is 4.18. The van der Waals surface area contributed by atoms with Crippen LogP contribution in [0.3, 0.4) is 0 Å². The monoisotopic (exact) mass is 274 g/mol. The molecule has 0 aromatic carbocycles. The highest BCUT2D eigenvalue weighted by Crippen LogP contribution is 2.26. The fourth-order valence-electron chi connectivity index (χ4n) is 2.78. The summed E-state index contributed by atoms with van der Waals surface area (Å²) in [5.41, 5.74) is -0.869. The first kappa shape index (κ1) is 13.8. The van der Waals surface area contributed by atoms with Crippen LogP contribution in [0.25, 0.3) is 0 Å². The van der Waals surface area contributed by atoms with Gasteiger partial charge in [0.05, 0.1) is 11.6 Å². The van der Waals surface area contributed by atoms with Crippen molar-refractivity contribution < 1.29 is 14.1 Å². The summed E-state index contributed by atoms with van der Waals surface area (Å²) in [4.78, 5) is 13.9. The summed E-state index contributed by atoms with van der Waals surface area (Å²) in [6, 6.07) is -0.214. The van der Waals surface area contributed by atoms with Crippen molar-refractivity contribution in [2.24, 2.45) is 0 Å². The molecule has 3 atom stereocenters. The molecule has 6 heteroatoms. The lowest BCUT2D eigenvalue weighted by Crippen LogP contribution is -2.53. The minimum Gasteiger partial charge on any atom is -0.388 e. The number of rotatable bonds is 2. The van der Waals surface area contributed by atoms with E-state index >= 15 is 0 Å². The van der Waals surface area contributed by atoms with Crippen molar-refractivity contribution in [3.63, 3.8) is 0 Å². The third-order valence-corrected chi connectivity index (χ3v) is 5.20. The molecule has 2 N–H and O–H groups in total. The maximum atomic E-state index is 12.2. The molecule has 0 aliphatic carbocycles. The van der Waals surface area contributed by atoms with Crippen molar-refractivity contribution in [2.75, 3.05) is 18.1 Å². The Hall–Kier alpha value is -0.620. The highest BCUT2D eigenvalue weighted by molar-refractivity contribution is 7.85. The number of hydrogen-bond acceptors (Lipinski definition) is 3. The van der Waals surface area contributed by atoms with Crippen LogP contribution in [-0.4, -0.2) is 56.0 Å². The number of carbonyl (C=O) groups excluding carboxylic acids is 1. The highest BCUT2D eigenvalue weighted by Gasteiger charge is 2.39. The lowest BCUT2D eigenvalue weighted by Gasteiger charge is -2.34. The molecule has 2 heterocycles. The van der Waals surface area contributed by atoms with E-state index < -0.39 is 16.4 Å². The fraction of sp³-hybridized carbons (Fsp3) is 0.917. The van der Waals surface area contributed by atoms with Crippen molar-refractivity contribution in [1.82, 2.24) is 10.2 Å². The number of urea groups is 1. The molecule has 2 aliphatic heterocycles. The Kier molecular flexibility index (Phi) is 3.96. The fourth-order valence-corrected chi connectivity index (χ4v) is 4.19. The first-order valence-corrected chi connectivity index (χ1v) is 8.01. The molecule has 2 saturated heterocycles. The molecular formula is C12H22N2O3S. The van der Waals surface area contributed by atoms with E-state index in [1.54, 1.807) is 18.7 Å². The third-order valence-electron chi connectivity index (χ3n) is 3.74. The molecule has 104 valence electrons. The molecule has 0 spiro atoms. The molecule has 0 bridgehead atoms. The molecule has 3 unspecified atom stereocenters. The number of aliphatic hydroxyl groups is 1. The molecule has 18 heavy (non-hydrogen) atoms. The summed E-state index contributed by atoms with van der Waals surface area (Å²) in [5.74, 6) is 1.24. The lowest BCUT2D eigenvalue weighted by molar-refractivity contribution is 0.00955. The standard InChI is InChI=1S/C12H22N2O3S/c1-12(2,16)10-4-3-6-14(10)11(15)13-9-5-7-18(17)8-9/h9-10,16H,3-8H2,1-2H3,(H,13,15). The van der Waals surface area contributed by atoms with E-state index in [1.165, 1.54) is 0 Å². The van der Waals surface area contributed by atoms with Crippen LogP contribution in [0.15, 0.2) is 0 Å². The number of nitrogens with one attached hydrogen (secondary N) is 1. The largest absolute Gasteiger partial charge is 0.388 e. The van der Waals surface area contributed by atoms with Crippen LogP contribution in [-0.2, 0) is 10.8 Å². The second-order valence-corrected chi connectivity index (χ2v) is 7.37. The number of nitrogens with zero attached hydrogens (tertiary/aromatic N) is 1. The van der Waals surface area contributed by atoms with Gasteiger partial charge in [0, 0.05) is 34.9 Å². The second kappa shape index (κ2) is 5.17. The molecule has 5 nitrogen and oxygen atoms in total. The summed E-state index contributed by atoms with van der Waals surface area (Å²) in [6.07, 6.45) is 2.56. The second-order valence-electron chi connectivity index (χ2n) is 5.75. The van der Waals surface area contributed by atoms with Gasteiger partial charge in [0.25, 0.3) is 0 Å². The van der Waals surface area contributed by atoms with Gasteiger partial charge < -0.3 is 15.3 Å². The predicted octanol–water partition coefficient (Wildman–Crippen LogP) is 0.452. The van der Waals surface area contributed by atoms with Gasteiger partial charge in [0.1, 0.15) is 0 Å². The molecule has 0 aromatic rings. The van der Waals surface area contributed by atoms with E-state index in [0.717, 1.165) is 19.3 Å². The SMILES string of the molecule is CC(C)(O)C1CCCN1C(=O)NC1CCS(=O)C1. The molecule has 0 radical (unpaired) electrons. The van der Waals surface area contributed by atoms with Crippen molar-refractivity contribution in [3.8, 4) is 0 Å². The van der Waals surface area contributed by atoms with E-state index in [-0.39, 0.29) is 18.1 Å². The average molecular weight is 274 g/mol. The molecule has 0 aromatic heterocycles. The van der Waals surface area contributed by atoms with Gasteiger partial charge in [0.15, 0.2) is 0 Å². The Morgan fingerprint density at radius 1 is 1.44 bits per heavy atom. The predicted molar refractivity (Wildman–Crippen MR) is 70.8 cm³/mol. The minimum absolute atomic E-state index is 0.0291. The number of amides is 2. The zero-order chi connectivity index (χ0) is 13.3. The number of hydrogen-bond donors (Lipinski definition) is 2. The maximum Gasteiger partial charge on any atom is 0.317 e. The normalized spacial score (nSPS) is 32.8. The van der Waals surface area contributed by atoms with E-state index in [2.05, 4.69) is 5.32 Å². The van der Waals surface area contributed by atoms with E-state index in [4.69, 9.17) is 0 Å². The van der Waals surface area contributed by atoms with Gasteiger partial charge in [-0.2, -0.15) is 0 Å². The first-order valence-electron chi connectivity index (χ1n) is 6.52. The van der Waals surface area contributed by atoms with Crippen LogP contribution in [0.2, 0.25) is 0 Å². The van der Waals surface area contributed by atoms with Crippen LogP contribution in [0.5, 0.6) is 0 Å². The third kappa shape index (κ3) is 3.03. The van der Waals surface area contributed by atoms with Crippen LogP contribution >= 0.6 is 0 Å². The lowest BCUT2D eigenvalue weighted by atomic mass is 9.97. The van der Waals surface area contributed by atoms with Gasteiger partial charge in [-0.1, -0.05) is 0 Å². The topological polar surface area (TPSA) is 69.6 Å². The number of carbonyl (C=O) groups is 1. The van der Waals surface area contributed by atoms with Gasteiger partial charge in [-0.25, -0.2) is 4.79 Å². The molecular weight excluding hydrogens is 252 g/mol. The van der Waals surface area contributed by atoms with Crippen molar-refractivity contribution in [1.29, 1.82) is 0 Å². The summed E-state index contributed by atoms with van der Waals surface area (Å²) in [5, 5.41) is 13.0. The van der Waals surface area contributed by atoms with Gasteiger partial charge in [-0.3, -0.25) is 4.21 Å². The van der Waals surface area contributed by atoms with Crippen molar-refractivity contribution in [3.05, 3.63) is 0 Å². The molecule has 2 amide bonds. The van der Waals surface area contributed by atoms with E-state index in [9.17, 15) is 14.1 Å². The molecule has 2 rings (SSSR count). The maximum absolute atomic E-state index is 12.2. The van der Waals surface area contributed by atoms with Crippen molar-refractivity contribution in [2.45, 2.75) is 50.8 Å². The molecule has 2 aliphatic rings. The average Bonchev–Trinajstić information content (AvgIpc) is 2.85. The number of likely N-dealkylation sites (tertiary alicyclic amines) is 1. The Labute approximate surface area is 110 Å². The summed E-state index contributed by atoms with van der Waals surface area (Å²) < 4.78 is 11.3. The Balaban J connectivity index is 1.94. The van der Waals surface area contributed by atoms with Crippen molar-refractivity contribution >= 4 is 16.8 Å². The first-order chi connectivity index (χ1) is 8.38. The Bertz CT molecular complexity index is 354. The molecule has 2 fully saturated rings. The van der Waals surface area contributed by atoms with Crippen LogP contribution in [0.4, 0.5) is 4.79 Å². The smallest absolute Gasteiger partial charge is 0.317 e. The quantitative estimate of drug-likeness (QED) is 0.768. The van der Waals surface area contributed by atoms with Crippen LogP contribution in [0.1, 0.15) is 33.1 Å². The molecule has 0 saturated carbocycles. The summed E-state index contributed by atoms with van der Waals surface area (Å²) >= 11 is 0. The zero-order valence-electron chi connectivity index (χ0n) is 11.0. The van der Waals surface area contributed by atoms with E-state index in [0.29, 0.717) is 18.1 Å². The van der Waals surface area contributed by atoms with Gasteiger partial charge in [0.2, 0.25) is 0 Å². The van der Waals surface area contributed by atoms with Crippen LogP contribution in [0, 0.1) is 0 Å². The van der Waals surface area contributed by atoms with Crippen LogP contribution < -0.4 is 5.32 Å². The van der Waals surface area contributed by atoms with Gasteiger partial charge in [-0.05, 0) is 33.1 Å². The minimum atomic E-state index is -0.869. The van der Waals surface area contributed by atoms with Gasteiger partial charge >= 0.3 is 6.03 Å². The van der Waals surface area contributed by atoms with E-state index in [1.807, 2.05) is 0 Å². The summed E-state index contributed by atoms with van der Waals surface area (Å²) in [7, 11) is -0.779. The highest BCUT2D eigenvalue weighted by atomic mass is 32.2. The zero-order valence-corrected chi connectivity index (χ0v) is 11.8. The Morgan fingerprint density at radius 3 is 2.72 bits per heavy atom.